The third kappa shape index (κ3) is 4.25. The van der Waals surface area contributed by atoms with Crippen molar-refractivity contribution in [2.75, 3.05) is 32.8 Å². The van der Waals surface area contributed by atoms with Gasteiger partial charge < -0.3 is 9.47 Å². The lowest BCUT2D eigenvalue weighted by molar-refractivity contribution is -0.153. The molecule has 0 N–H and O–H groups in total. The van der Waals surface area contributed by atoms with E-state index in [1.807, 2.05) is 0 Å². The summed E-state index contributed by atoms with van der Waals surface area (Å²) in [5, 5.41) is 0. The van der Waals surface area contributed by atoms with Gasteiger partial charge in [0.25, 0.3) is 0 Å². The first-order chi connectivity index (χ1) is 8.75. The van der Waals surface area contributed by atoms with Gasteiger partial charge in [0.1, 0.15) is 6.10 Å². The van der Waals surface area contributed by atoms with Crippen LogP contribution in [0.15, 0.2) is 0 Å². The molecule has 2 unspecified atom stereocenters. The molecular formula is C14H25NO3. The fourth-order valence-electron chi connectivity index (χ4n) is 2.76. The summed E-state index contributed by atoms with van der Waals surface area (Å²) in [7, 11) is 0. The molecule has 18 heavy (non-hydrogen) atoms. The molecular weight excluding hydrogens is 230 g/mol. The Bertz CT molecular complexity index is 264. The number of nitrogens with zero attached hydrogens (tertiary/aromatic N) is 1. The summed E-state index contributed by atoms with van der Waals surface area (Å²) in [6.45, 7) is 6.45. The molecule has 0 spiro atoms. The molecule has 0 aromatic rings. The van der Waals surface area contributed by atoms with Gasteiger partial charge in [-0.15, -0.1) is 0 Å². The van der Waals surface area contributed by atoms with Gasteiger partial charge in [0.15, 0.2) is 0 Å². The van der Waals surface area contributed by atoms with E-state index in [1.54, 1.807) is 0 Å². The van der Waals surface area contributed by atoms with Gasteiger partial charge >= 0.3 is 5.97 Å². The van der Waals surface area contributed by atoms with Crippen molar-refractivity contribution in [3.8, 4) is 0 Å². The van der Waals surface area contributed by atoms with Crippen molar-refractivity contribution >= 4 is 5.97 Å². The lowest BCUT2D eigenvalue weighted by Gasteiger charge is -2.29. The molecule has 4 heteroatoms. The van der Waals surface area contributed by atoms with E-state index < -0.39 is 0 Å². The molecule has 0 radical (unpaired) electrons. The molecule has 1 heterocycles. The van der Waals surface area contributed by atoms with Crippen molar-refractivity contribution < 1.29 is 14.3 Å². The molecule has 1 aliphatic heterocycles. The Kier molecular flexibility index (Phi) is 5.45. The van der Waals surface area contributed by atoms with Gasteiger partial charge in [-0.2, -0.15) is 0 Å². The van der Waals surface area contributed by atoms with Gasteiger partial charge in [-0.05, 0) is 25.2 Å². The van der Waals surface area contributed by atoms with Crippen LogP contribution in [0.4, 0.5) is 0 Å². The average Bonchev–Trinajstić information content (AvgIpc) is 2.40. The SMILES string of the molecule is CC1CCCCC1OC(=O)CCN1CCOCC1. The Hall–Kier alpha value is -0.610. The van der Waals surface area contributed by atoms with Crippen molar-refractivity contribution in [1.82, 2.24) is 4.90 Å². The van der Waals surface area contributed by atoms with Gasteiger partial charge in [0.05, 0.1) is 19.6 Å². The Morgan fingerprint density at radius 1 is 1.28 bits per heavy atom. The highest BCUT2D eigenvalue weighted by Gasteiger charge is 2.24. The zero-order valence-corrected chi connectivity index (χ0v) is 11.4. The molecule has 2 atom stereocenters. The molecule has 104 valence electrons. The number of ether oxygens (including phenoxy) is 2. The summed E-state index contributed by atoms with van der Waals surface area (Å²) in [5.74, 6) is 0.506. The number of esters is 1. The van der Waals surface area contributed by atoms with Crippen LogP contribution in [-0.4, -0.2) is 49.8 Å². The lowest BCUT2D eigenvalue weighted by atomic mass is 9.88. The van der Waals surface area contributed by atoms with Crippen LogP contribution in [0.2, 0.25) is 0 Å². The second kappa shape index (κ2) is 7.10. The predicted octanol–water partition coefficient (Wildman–Crippen LogP) is 1.83. The first-order valence-corrected chi connectivity index (χ1v) is 7.25. The molecule has 2 fully saturated rings. The lowest BCUT2D eigenvalue weighted by Crippen LogP contribution is -2.38. The minimum Gasteiger partial charge on any atom is -0.462 e. The molecule has 4 nitrogen and oxygen atoms in total. The minimum atomic E-state index is -0.0276. The van der Waals surface area contributed by atoms with Crippen LogP contribution in [-0.2, 0) is 14.3 Å². The Morgan fingerprint density at radius 2 is 2.00 bits per heavy atom. The standard InChI is InChI=1S/C14H25NO3/c1-12-4-2-3-5-13(12)18-14(16)6-7-15-8-10-17-11-9-15/h12-13H,2-11H2,1H3. The number of hydrogen-bond donors (Lipinski definition) is 0. The fourth-order valence-corrected chi connectivity index (χ4v) is 2.76. The topological polar surface area (TPSA) is 38.8 Å². The summed E-state index contributed by atoms with van der Waals surface area (Å²) in [4.78, 5) is 14.1. The first kappa shape index (κ1) is 13.8. The van der Waals surface area contributed by atoms with Crippen molar-refractivity contribution in [2.45, 2.75) is 45.1 Å². The zero-order valence-electron chi connectivity index (χ0n) is 11.4. The summed E-state index contributed by atoms with van der Waals surface area (Å²) in [5.41, 5.74) is 0. The fraction of sp³-hybridized carbons (Fsp3) is 0.929. The molecule has 1 saturated carbocycles. The van der Waals surface area contributed by atoms with E-state index in [0.29, 0.717) is 12.3 Å². The maximum Gasteiger partial charge on any atom is 0.307 e. The summed E-state index contributed by atoms with van der Waals surface area (Å²) in [6, 6.07) is 0. The van der Waals surface area contributed by atoms with Crippen LogP contribution < -0.4 is 0 Å². The second-order valence-electron chi connectivity index (χ2n) is 5.49. The largest absolute Gasteiger partial charge is 0.462 e. The molecule has 0 aromatic carbocycles. The van der Waals surface area contributed by atoms with Gasteiger partial charge in [0, 0.05) is 19.6 Å². The second-order valence-corrected chi connectivity index (χ2v) is 5.49. The number of morpholine rings is 1. The Labute approximate surface area is 110 Å². The molecule has 0 bridgehead atoms. The van der Waals surface area contributed by atoms with E-state index in [4.69, 9.17) is 9.47 Å². The van der Waals surface area contributed by atoms with Crippen molar-refractivity contribution in [2.24, 2.45) is 5.92 Å². The summed E-state index contributed by atoms with van der Waals surface area (Å²) in [6.07, 6.45) is 5.40. The monoisotopic (exact) mass is 255 g/mol. The highest BCUT2D eigenvalue weighted by atomic mass is 16.5. The van der Waals surface area contributed by atoms with Crippen LogP contribution in [0.5, 0.6) is 0 Å². The zero-order chi connectivity index (χ0) is 12.8. The van der Waals surface area contributed by atoms with Gasteiger partial charge in [-0.25, -0.2) is 0 Å². The number of carbonyl (C=O) groups is 1. The van der Waals surface area contributed by atoms with Crippen molar-refractivity contribution in [3.63, 3.8) is 0 Å². The third-order valence-corrected chi connectivity index (χ3v) is 4.05. The quantitative estimate of drug-likeness (QED) is 0.718. The highest BCUT2D eigenvalue weighted by Crippen LogP contribution is 2.26. The number of carbonyl (C=O) groups excluding carboxylic acids is 1. The molecule has 0 aromatic heterocycles. The van der Waals surface area contributed by atoms with Crippen molar-refractivity contribution in [3.05, 3.63) is 0 Å². The Morgan fingerprint density at radius 3 is 2.72 bits per heavy atom. The number of hydrogen-bond acceptors (Lipinski definition) is 4. The predicted molar refractivity (Wildman–Crippen MR) is 69.4 cm³/mol. The molecule has 0 amide bonds. The van der Waals surface area contributed by atoms with Crippen molar-refractivity contribution in [1.29, 1.82) is 0 Å². The molecule has 2 aliphatic rings. The van der Waals surface area contributed by atoms with E-state index in [2.05, 4.69) is 11.8 Å². The minimum absolute atomic E-state index is 0.0276. The average molecular weight is 255 g/mol. The number of rotatable bonds is 4. The van der Waals surface area contributed by atoms with E-state index >= 15 is 0 Å². The molecule has 1 aliphatic carbocycles. The van der Waals surface area contributed by atoms with E-state index in [0.717, 1.165) is 39.3 Å². The highest BCUT2D eigenvalue weighted by molar-refractivity contribution is 5.69. The first-order valence-electron chi connectivity index (χ1n) is 7.25. The van der Waals surface area contributed by atoms with Crippen LogP contribution in [0.25, 0.3) is 0 Å². The smallest absolute Gasteiger partial charge is 0.307 e. The van der Waals surface area contributed by atoms with Crippen LogP contribution in [0.3, 0.4) is 0 Å². The van der Waals surface area contributed by atoms with E-state index in [9.17, 15) is 4.79 Å². The van der Waals surface area contributed by atoms with Gasteiger partial charge in [-0.1, -0.05) is 13.3 Å². The van der Waals surface area contributed by atoms with Crippen LogP contribution >= 0.6 is 0 Å². The Balaban J connectivity index is 1.64. The molecule has 2 rings (SSSR count). The molecule has 1 saturated heterocycles. The maximum absolute atomic E-state index is 11.8. The van der Waals surface area contributed by atoms with E-state index in [1.165, 1.54) is 19.3 Å². The summed E-state index contributed by atoms with van der Waals surface area (Å²) >= 11 is 0. The van der Waals surface area contributed by atoms with Crippen LogP contribution in [0, 0.1) is 5.92 Å². The normalized spacial score (nSPS) is 30.1. The third-order valence-electron chi connectivity index (χ3n) is 4.05. The maximum atomic E-state index is 11.8. The van der Waals surface area contributed by atoms with E-state index in [-0.39, 0.29) is 12.1 Å². The van der Waals surface area contributed by atoms with Crippen LogP contribution in [0.1, 0.15) is 39.0 Å². The van der Waals surface area contributed by atoms with Gasteiger partial charge in [-0.3, -0.25) is 9.69 Å². The van der Waals surface area contributed by atoms with Gasteiger partial charge in [0.2, 0.25) is 0 Å². The summed E-state index contributed by atoms with van der Waals surface area (Å²) < 4.78 is 10.9.